The first-order chi connectivity index (χ1) is 12.5. The molecule has 0 heterocycles. The summed E-state index contributed by atoms with van der Waals surface area (Å²) in [7, 11) is 5.94. The van der Waals surface area contributed by atoms with Crippen molar-refractivity contribution in [2.45, 2.75) is 12.8 Å². The summed E-state index contributed by atoms with van der Waals surface area (Å²) in [5.74, 6) is 1.17. The summed E-state index contributed by atoms with van der Waals surface area (Å²) in [6.07, 6.45) is 6.60. The van der Waals surface area contributed by atoms with Crippen molar-refractivity contribution in [3.63, 3.8) is 0 Å². The molecule has 136 valence electrons. The molecule has 1 aliphatic carbocycles. The van der Waals surface area contributed by atoms with Gasteiger partial charge in [-0.3, -0.25) is 0 Å². The number of hydrogen-bond acceptors (Lipinski definition) is 2. The Bertz CT molecular complexity index is 805. The lowest BCUT2D eigenvalue weighted by Gasteiger charge is -2.28. The predicted octanol–water partition coefficient (Wildman–Crippen LogP) is 5.27. The fraction of sp³-hybridized carbons (Fsp3) is 0.304. The molecule has 2 nitrogen and oxygen atoms in total. The van der Waals surface area contributed by atoms with Crippen molar-refractivity contribution in [2.75, 3.05) is 27.7 Å². The van der Waals surface area contributed by atoms with Gasteiger partial charge in [-0.2, -0.15) is 0 Å². The standard InChI is InChI=1S/C23H26FNO/c1-25(2)16-20-10-7-18(13-17-8-11-21(24)12-9-17)14-23(20)19-5-4-6-22(15-19)26-3/h4-6,8-9,11-15,20H,7,10,16H2,1-3H3/b18-13-/t20-/m1/s1. The molecule has 2 aromatic rings. The van der Waals surface area contributed by atoms with Gasteiger partial charge in [0.1, 0.15) is 11.6 Å². The molecule has 0 unspecified atom stereocenters. The Balaban J connectivity index is 1.97. The fourth-order valence-corrected chi connectivity index (χ4v) is 3.53. The van der Waals surface area contributed by atoms with Crippen molar-refractivity contribution in [1.82, 2.24) is 4.90 Å². The van der Waals surface area contributed by atoms with E-state index < -0.39 is 0 Å². The highest BCUT2D eigenvalue weighted by Gasteiger charge is 2.22. The molecule has 0 fully saturated rings. The van der Waals surface area contributed by atoms with E-state index in [0.717, 1.165) is 30.7 Å². The van der Waals surface area contributed by atoms with E-state index in [1.807, 2.05) is 24.3 Å². The molecule has 1 atom stereocenters. The maximum absolute atomic E-state index is 13.1. The minimum atomic E-state index is -0.200. The zero-order valence-corrected chi connectivity index (χ0v) is 15.7. The van der Waals surface area contributed by atoms with Gasteiger partial charge in [-0.25, -0.2) is 4.39 Å². The summed E-state index contributed by atoms with van der Waals surface area (Å²) in [5, 5.41) is 0. The van der Waals surface area contributed by atoms with E-state index in [4.69, 9.17) is 4.74 Å². The molecule has 0 saturated carbocycles. The Morgan fingerprint density at radius 3 is 2.62 bits per heavy atom. The molecule has 0 radical (unpaired) electrons. The first kappa shape index (κ1) is 18.4. The summed E-state index contributed by atoms with van der Waals surface area (Å²) in [4.78, 5) is 2.24. The number of benzene rings is 2. The summed E-state index contributed by atoms with van der Waals surface area (Å²) in [6.45, 7) is 1.02. The Morgan fingerprint density at radius 2 is 1.92 bits per heavy atom. The number of hydrogen-bond donors (Lipinski definition) is 0. The number of rotatable bonds is 5. The van der Waals surface area contributed by atoms with Gasteiger partial charge < -0.3 is 9.64 Å². The monoisotopic (exact) mass is 351 g/mol. The van der Waals surface area contributed by atoms with Crippen LogP contribution in [0.4, 0.5) is 4.39 Å². The largest absolute Gasteiger partial charge is 0.497 e. The lowest BCUT2D eigenvalue weighted by atomic mass is 9.81. The van der Waals surface area contributed by atoms with Crippen LogP contribution in [0.3, 0.4) is 0 Å². The maximum atomic E-state index is 13.1. The van der Waals surface area contributed by atoms with E-state index in [9.17, 15) is 4.39 Å². The SMILES string of the molecule is COc1cccc(C2=C/C(=C\c3ccc(F)cc3)CC[C@@H]2CN(C)C)c1. The Labute approximate surface area is 155 Å². The van der Waals surface area contributed by atoms with Crippen LogP contribution in [0.1, 0.15) is 24.0 Å². The number of allylic oxidation sites excluding steroid dienone is 2. The fourth-order valence-electron chi connectivity index (χ4n) is 3.53. The molecule has 26 heavy (non-hydrogen) atoms. The molecule has 0 bridgehead atoms. The second-order valence-corrected chi connectivity index (χ2v) is 7.10. The molecule has 3 rings (SSSR count). The molecule has 3 heteroatoms. The van der Waals surface area contributed by atoms with Gasteiger partial charge in [0.15, 0.2) is 0 Å². The van der Waals surface area contributed by atoms with Crippen LogP contribution in [-0.2, 0) is 0 Å². The van der Waals surface area contributed by atoms with Crippen LogP contribution in [0.25, 0.3) is 11.6 Å². The van der Waals surface area contributed by atoms with E-state index in [1.54, 1.807) is 7.11 Å². The van der Waals surface area contributed by atoms with Crippen LogP contribution in [0.2, 0.25) is 0 Å². The van der Waals surface area contributed by atoms with Gasteiger partial charge in [-0.15, -0.1) is 0 Å². The highest BCUT2D eigenvalue weighted by molar-refractivity contribution is 5.74. The van der Waals surface area contributed by atoms with Crippen LogP contribution in [-0.4, -0.2) is 32.6 Å². The molecule has 0 amide bonds. The van der Waals surface area contributed by atoms with Crippen molar-refractivity contribution in [3.05, 3.63) is 77.1 Å². The van der Waals surface area contributed by atoms with Gasteiger partial charge in [0.2, 0.25) is 0 Å². The van der Waals surface area contributed by atoms with E-state index in [1.165, 1.54) is 28.8 Å². The van der Waals surface area contributed by atoms with E-state index in [-0.39, 0.29) is 5.82 Å². The molecular weight excluding hydrogens is 325 g/mol. The number of ether oxygens (including phenoxy) is 1. The van der Waals surface area contributed by atoms with E-state index in [0.29, 0.717) is 5.92 Å². The number of methoxy groups -OCH3 is 1. The quantitative estimate of drug-likeness (QED) is 0.727. The molecular formula is C23H26FNO. The number of halogens is 1. The highest BCUT2D eigenvalue weighted by atomic mass is 19.1. The molecule has 0 spiro atoms. The third-order valence-electron chi connectivity index (χ3n) is 4.77. The summed E-state index contributed by atoms with van der Waals surface area (Å²) < 4.78 is 18.6. The molecule has 0 saturated heterocycles. The van der Waals surface area contributed by atoms with Crippen LogP contribution in [0, 0.1) is 11.7 Å². The van der Waals surface area contributed by atoms with E-state index in [2.05, 4.69) is 43.3 Å². The van der Waals surface area contributed by atoms with Gasteiger partial charge in [0.25, 0.3) is 0 Å². The zero-order valence-electron chi connectivity index (χ0n) is 15.7. The summed E-state index contributed by atoms with van der Waals surface area (Å²) in [6, 6.07) is 14.9. The Hall–Kier alpha value is -2.39. The number of nitrogens with zero attached hydrogens (tertiary/aromatic N) is 1. The average Bonchev–Trinajstić information content (AvgIpc) is 2.64. The van der Waals surface area contributed by atoms with Gasteiger partial charge in [-0.1, -0.05) is 36.4 Å². The summed E-state index contributed by atoms with van der Waals surface area (Å²) >= 11 is 0. The third-order valence-corrected chi connectivity index (χ3v) is 4.77. The predicted molar refractivity (Wildman–Crippen MR) is 107 cm³/mol. The summed E-state index contributed by atoms with van der Waals surface area (Å²) in [5.41, 5.74) is 4.87. The third kappa shape index (κ3) is 4.61. The lowest BCUT2D eigenvalue weighted by molar-refractivity contribution is 0.352. The molecule has 0 N–H and O–H groups in total. The van der Waals surface area contributed by atoms with Crippen LogP contribution in [0.15, 0.2) is 60.2 Å². The van der Waals surface area contributed by atoms with Crippen molar-refractivity contribution in [2.24, 2.45) is 5.92 Å². The minimum Gasteiger partial charge on any atom is -0.497 e. The van der Waals surface area contributed by atoms with Crippen LogP contribution in [0.5, 0.6) is 5.75 Å². The van der Waals surface area contributed by atoms with Crippen molar-refractivity contribution in [3.8, 4) is 5.75 Å². The normalized spacial score (nSPS) is 18.9. The topological polar surface area (TPSA) is 12.5 Å². The second kappa shape index (κ2) is 8.33. The van der Waals surface area contributed by atoms with Crippen molar-refractivity contribution < 1.29 is 9.13 Å². The van der Waals surface area contributed by atoms with Gasteiger partial charge in [0, 0.05) is 6.54 Å². The van der Waals surface area contributed by atoms with Gasteiger partial charge in [-0.05, 0) is 79.4 Å². The average molecular weight is 351 g/mol. The highest BCUT2D eigenvalue weighted by Crippen LogP contribution is 2.37. The van der Waals surface area contributed by atoms with Crippen LogP contribution < -0.4 is 4.74 Å². The second-order valence-electron chi connectivity index (χ2n) is 7.10. The zero-order chi connectivity index (χ0) is 18.5. The molecule has 0 aromatic heterocycles. The van der Waals surface area contributed by atoms with Crippen molar-refractivity contribution in [1.29, 1.82) is 0 Å². The first-order valence-electron chi connectivity index (χ1n) is 9.02. The van der Waals surface area contributed by atoms with Crippen molar-refractivity contribution >= 4 is 11.6 Å². The minimum absolute atomic E-state index is 0.200. The van der Waals surface area contributed by atoms with Gasteiger partial charge in [0.05, 0.1) is 7.11 Å². The molecule has 2 aromatic carbocycles. The van der Waals surface area contributed by atoms with E-state index >= 15 is 0 Å². The smallest absolute Gasteiger partial charge is 0.123 e. The maximum Gasteiger partial charge on any atom is 0.123 e. The van der Waals surface area contributed by atoms with Crippen LogP contribution >= 0.6 is 0 Å². The Morgan fingerprint density at radius 1 is 1.15 bits per heavy atom. The Kier molecular flexibility index (Phi) is 5.89. The van der Waals surface area contributed by atoms with Gasteiger partial charge >= 0.3 is 0 Å². The lowest BCUT2D eigenvalue weighted by Crippen LogP contribution is -2.24. The molecule has 0 aliphatic heterocycles. The first-order valence-corrected chi connectivity index (χ1v) is 9.02. The molecule has 1 aliphatic rings.